The van der Waals surface area contributed by atoms with Gasteiger partial charge in [0.25, 0.3) is 0 Å². The highest BCUT2D eigenvalue weighted by Gasteiger charge is 2.40. The number of pyridine rings is 1. The minimum atomic E-state index is -5.08. The molecule has 132 valence electrons. The van der Waals surface area contributed by atoms with Crippen molar-refractivity contribution < 1.29 is 37.8 Å². The molecule has 1 aliphatic rings. The molecule has 0 aliphatic carbocycles. The Hall–Kier alpha value is -2.85. The highest BCUT2D eigenvalue weighted by Crippen LogP contribution is 2.24. The number of hydrogen-bond acceptors (Lipinski definition) is 4. The van der Waals surface area contributed by atoms with Crippen molar-refractivity contribution >= 4 is 23.7 Å². The molecule has 0 bridgehead atoms. The Morgan fingerprint density at radius 1 is 1.33 bits per heavy atom. The Balaban J connectivity index is 0.000000351. The molecule has 8 nitrogen and oxygen atoms in total. The van der Waals surface area contributed by atoms with Gasteiger partial charge >= 0.3 is 24.1 Å². The molecule has 11 heteroatoms. The molecule has 1 saturated heterocycles. The molecule has 0 radical (unpaired) electrons. The van der Waals surface area contributed by atoms with Crippen LogP contribution in [0.4, 0.5) is 23.7 Å². The number of alkyl halides is 3. The average molecular weight is 349 g/mol. The molecule has 24 heavy (non-hydrogen) atoms. The van der Waals surface area contributed by atoms with Crippen LogP contribution >= 0.6 is 0 Å². The van der Waals surface area contributed by atoms with Crippen molar-refractivity contribution in [1.29, 1.82) is 0 Å². The Bertz CT molecular complexity index is 650. The number of carboxylic acid groups (broad SMARTS) is 2. The number of hydrogen-bond donors (Lipinski definition) is 2. The van der Waals surface area contributed by atoms with Gasteiger partial charge in [0.05, 0.1) is 17.9 Å². The van der Waals surface area contributed by atoms with E-state index in [1.54, 1.807) is 25.3 Å². The van der Waals surface area contributed by atoms with Crippen LogP contribution in [0.3, 0.4) is 0 Å². The van der Waals surface area contributed by atoms with Gasteiger partial charge in [-0.05, 0) is 19.1 Å². The molecule has 1 aromatic rings. The smallest absolute Gasteiger partial charge is 0.480 e. The highest BCUT2D eigenvalue weighted by molar-refractivity contribution is 5.99. The number of carbonyl (C=O) groups excluding carboxylic acids is 1. The first kappa shape index (κ1) is 19.2. The zero-order chi connectivity index (χ0) is 18.7. The number of aliphatic carboxylic acids is 2. The van der Waals surface area contributed by atoms with Gasteiger partial charge in [-0.25, -0.2) is 14.4 Å². The molecule has 2 heterocycles. The molecule has 1 aliphatic heterocycles. The summed E-state index contributed by atoms with van der Waals surface area (Å²) < 4.78 is 31.7. The van der Waals surface area contributed by atoms with Gasteiger partial charge in [-0.1, -0.05) is 0 Å². The quantitative estimate of drug-likeness (QED) is 0.834. The second-order valence-electron chi connectivity index (χ2n) is 4.77. The topological polar surface area (TPSA) is 111 Å². The van der Waals surface area contributed by atoms with E-state index in [0.29, 0.717) is 11.4 Å². The van der Waals surface area contributed by atoms with Gasteiger partial charge in [0.1, 0.15) is 6.04 Å². The molecular weight excluding hydrogens is 335 g/mol. The number of amides is 2. The van der Waals surface area contributed by atoms with Crippen molar-refractivity contribution in [2.75, 3.05) is 18.5 Å². The van der Waals surface area contributed by atoms with Crippen LogP contribution in [0.2, 0.25) is 0 Å². The van der Waals surface area contributed by atoms with Gasteiger partial charge in [-0.3, -0.25) is 9.88 Å². The van der Waals surface area contributed by atoms with E-state index in [0.717, 1.165) is 0 Å². The standard InChI is InChI=1S/C11H13N3O3.C2HF3O2/c1-7-8(4-3-5-12-7)14-6-9(10(15)16)13(2)11(14)17;3-2(4,5)1(6)7/h3-5,9H,6H2,1-2H3,(H,15,16);(H,6,7). The van der Waals surface area contributed by atoms with Crippen molar-refractivity contribution in [3.05, 3.63) is 24.0 Å². The highest BCUT2D eigenvalue weighted by atomic mass is 19.4. The lowest BCUT2D eigenvalue weighted by atomic mass is 10.2. The fourth-order valence-corrected chi connectivity index (χ4v) is 1.90. The molecule has 0 saturated carbocycles. The normalized spacial score (nSPS) is 17.4. The van der Waals surface area contributed by atoms with Crippen molar-refractivity contribution in [3.63, 3.8) is 0 Å². The lowest BCUT2D eigenvalue weighted by Crippen LogP contribution is -2.36. The second-order valence-corrected chi connectivity index (χ2v) is 4.77. The minimum absolute atomic E-state index is 0.150. The number of urea groups is 1. The monoisotopic (exact) mass is 349 g/mol. The Morgan fingerprint density at radius 3 is 2.25 bits per heavy atom. The first-order chi connectivity index (χ1) is 11.0. The first-order valence-corrected chi connectivity index (χ1v) is 6.45. The van der Waals surface area contributed by atoms with Gasteiger partial charge < -0.3 is 15.1 Å². The van der Waals surface area contributed by atoms with E-state index in [-0.39, 0.29) is 12.6 Å². The number of anilines is 1. The summed E-state index contributed by atoms with van der Waals surface area (Å²) in [5, 5.41) is 16.1. The summed E-state index contributed by atoms with van der Waals surface area (Å²) in [6.07, 6.45) is -3.45. The Morgan fingerprint density at radius 2 is 1.88 bits per heavy atom. The van der Waals surface area contributed by atoms with Crippen LogP contribution in [-0.4, -0.2) is 63.9 Å². The fraction of sp³-hybridized carbons (Fsp3) is 0.385. The number of halogens is 3. The summed E-state index contributed by atoms with van der Waals surface area (Å²) in [5.41, 5.74) is 1.37. The van der Waals surface area contributed by atoms with Crippen LogP contribution in [0.1, 0.15) is 5.69 Å². The first-order valence-electron chi connectivity index (χ1n) is 6.45. The number of carboxylic acids is 2. The maximum absolute atomic E-state index is 11.9. The molecule has 2 rings (SSSR count). The minimum Gasteiger partial charge on any atom is -0.480 e. The lowest BCUT2D eigenvalue weighted by molar-refractivity contribution is -0.192. The molecule has 1 aromatic heterocycles. The summed E-state index contributed by atoms with van der Waals surface area (Å²) in [5.74, 6) is -3.75. The predicted octanol–water partition coefficient (Wildman–Crippen LogP) is 1.35. The summed E-state index contributed by atoms with van der Waals surface area (Å²) in [6.45, 7) is 1.94. The van der Waals surface area contributed by atoms with Crippen molar-refractivity contribution in [3.8, 4) is 0 Å². The van der Waals surface area contributed by atoms with Gasteiger partial charge in [0, 0.05) is 13.2 Å². The average Bonchev–Trinajstić information content (AvgIpc) is 2.76. The van der Waals surface area contributed by atoms with E-state index in [2.05, 4.69) is 4.98 Å². The maximum atomic E-state index is 11.9. The van der Waals surface area contributed by atoms with Gasteiger partial charge in [-0.15, -0.1) is 0 Å². The van der Waals surface area contributed by atoms with Crippen molar-refractivity contribution in [2.45, 2.75) is 19.1 Å². The van der Waals surface area contributed by atoms with Crippen molar-refractivity contribution in [1.82, 2.24) is 9.88 Å². The molecule has 0 spiro atoms. The second kappa shape index (κ2) is 7.15. The van der Waals surface area contributed by atoms with Crippen LogP contribution in [0.25, 0.3) is 0 Å². The molecule has 2 N–H and O–H groups in total. The number of aromatic nitrogens is 1. The maximum Gasteiger partial charge on any atom is 0.490 e. The number of nitrogens with zero attached hydrogens (tertiary/aromatic N) is 3. The van der Waals surface area contributed by atoms with E-state index in [1.807, 2.05) is 0 Å². The van der Waals surface area contributed by atoms with E-state index in [9.17, 15) is 22.8 Å². The molecule has 1 unspecified atom stereocenters. The Labute approximate surface area is 134 Å². The summed E-state index contributed by atoms with van der Waals surface area (Å²) in [6, 6.07) is 2.37. The number of rotatable bonds is 2. The van der Waals surface area contributed by atoms with Crippen LogP contribution in [0, 0.1) is 6.92 Å². The van der Waals surface area contributed by atoms with Crippen LogP contribution in [-0.2, 0) is 9.59 Å². The summed E-state index contributed by atoms with van der Waals surface area (Å²) >= 11 is 0. The van der Waals surface area contributed by atoms with Crippen LogP contribution < -0.4 is 4.90 Å². The molecule has 0 aromatic carbocycles. The summed E-state index contributed by atoms with van der Waals surface area (Å²) in [7, 11) is 1.49. The van der Waals surface area contributed by atoms with E-state index >= 15 is 0 Å². The van der Waals surface area contributed by atoms with Crippen LogP contribution in [0.5, 0.6) is 0 Å². The van der Waals surface area contributed by atoms with Crippen molar-refractivity contribution in [2.24, 2.45) is 0 Å². The molecule has 1 fully saturated rings. The third-order valence-corrected chi connectivity index (χ3v) is 3.15. The predicted molar refractivity (Wildman–Crippen MR) is 74.6 cm³/mol. The van der Waals surface area contributed by atoms with Gasteiger partial charge in [0.15, 0.2) is 0 Å². The van der Waals surface area contributed by atoms with E-state index in [1.165, 1.54) is 16.8 Å². The fourth-order valence-electron chi connectivity index (χ4n) is 1.90. The number of carbonyl (C=O) groups is 3. The number of likely N-dealkylation sites (N-methyl/N-ethyl adjacent to an activating group) is 1. The van der Waals surface area contributed by atoms with E-state index < -0.39 is 24.2 Å². The molecule has 2 amide bonds. The number of aryl methyl sites for hydroxylation is 1. The van der Waals surface area contributed by atoms with Gasteiger partial charge in [-0.2, -0.15) is 13.2 Å². The SMILES string of the molecule is Cc1ncccc1N1CC(C(=O)O)N(C)C1=O.O=C(O)C(F)(F)F. The largest absolute Gasteiger partial charge is 0.490 e. The zero-order valence-electron chi connectivity index (χ0n) is 12.6. The third kappa shape index (κ3) is 4.33. The van der Waals surface area contributed by atoms with E-state index in [4.69, 9.17) is 15.0 Å². The molecular formula is C13H14F3N3O5. The summed E-state index contributed by atoms with van der Waals surface area (Å²) in [4.78, 5) is 38.6. The van der Waals surface area contributed by atoms with Crippen LogP contribution in [0.15, 0.2) is 18.3 Å². The van der Waals surface area contributed by atoms with Gasteiger partial charge in [0.2, 0.25) is 0 Å². The lowest BCUT2D eigenvalue weighted by Gasteiger charge is -2.17. The molecule has 1 atom stereocenters. The third-order valence-electron chi connectivity index (χ3n) is 3.15. The zero-order valence-corrected chi connectivity index (χ0v) is 12.6. The Kier molecular flexibility index (Phi) is 5.72.